The van der Waals surface area contributed by atoms with E-state index in [9.17, 15) is 19.7 Å². The molecule has 1 amide bonds. The summed E-state index contributed by atoms with van der Waals surface area (Å²) in [5, 5.41) is 22.5. The summed E-state index contributed by atoms with van der Waals surface area (Å²) in [5.74, 6) is -2.02. The van der Waals surface area contributed by atoms with E-state index < -0.39 is 28.5 Å². The molecule has 0 radical (unpaired) electrons. The fraction of sp³-hybridized carbons (Fsp3) is 0.429. The Morgan fingerprint density at radius 1 is 1.35 bits per heavy atom. The summed E-state index contributed by atoms with van der Waals surface area (Å²) >= 11 is 0. The van der Waals surface area contributed by atoms with Gasteiger partial charge < -0.3 is 19.9 Å². The molecule has 0 saturated heterocycles. The smallest absolute Gasteiger partial charge is 0.326 e. The second-order valence-electron chi connectivity index (χ2n) is 4.64. The van der Waals surface area contributed by atoms with Gasteiger partial charge in [0.1, 0.15) is 6.04 Å². The number of nitro groups is 1. The highest BCUT2D eigenvalue weighted by atomic mass is 16.6. The summed E-state index contributed by atoms with van der Waals surface area (Å²) in [6.07, 6.45) is 0.805. The molecule has 1 unspecified atom stereocenters. The Balaban J connectivity index is 3.21. The quantitative estimate of drug-likeness (QED) is 0.548. The first-order valence-corrected chi connectivity index (χ1v) is 6.79. The van der Waals surface area contributed by atoms with E-state index in [4.69, 9.17) is 14.6 Å². The van der Waals surface area contributed by atoms with Crippen LogP contribution in [0.25, 0.3) is 0 Å². The van der Waals surface area contributed by atoms with Crippen LogP contribution in [0.15, 0.2) is 12.1 Å². The molecule has 0 fully saturated rings. The van der Waals surface area contributed by atoms with Crippen molar-refractivity contribution in [3.05, 3.63) is 27.8 Å². The average molecular weight is 326 g/mol. The molecule has 23 heavy (non-hydrogen) atoms. The second kappa shape index (κ2) is 7.97. The first kappa shape index (κ1) is 18.2. The number of carboxylic acid groups (broad SMARTS) is 1. The van der Waals surface area contributed by atoms with E-state index in [2.05, 4.69) is 5.32 Å². The number of nitrogens with one attached hydrogen (secondary N) is 1. The first-order chi connectivity index (χ1) is 10.8. The number of carboxylic acids is 1. The molecule has 0 heterocycles. The van der Waals surface area contributed by atoms with Gasteiger partial charge in [0, 0.05) is 6.07 Å². The number of hydrogen-bond acceptors (Lipinski definition) is 6. The van der Waals surface area contributed by atoms with Crippen molar-refractivity contribution in [2.45, 2.75) is 25.8 Å². The first-order valence-electron chi connectivity index (χ1n) is 6.79. The molecule has 9 nitrogen and oxygen atoms in total. The lowest BCUT2D eigenvalue weighted by atomic mass is 10.1. The van der Waals surface area contributed by atoms with Crippen molar-refractivity contribution >= 4 is 17.6 Å². The zero-order valence-electron chi connectivity index (χ0n) is 13.0. The summed E-state index contributed by atoms with van der Waals surface area (Å²) in [7, 11) is 2.52. The predicted octanol–water partition coefficient (Wildman–Crippen LogP) is 1.60. The van der Waals surface area contributed by atoms with Crippen molar-refractivity contribution < 1.29 is 29.1 Å². The minimum Gasteiger partial charge on any atom is -0.493 e. The van der Waals surface area contributed by atoms with Gasteiger partial charge >= 0.3 is 11.7 Å². The molecule has 1 atom stereocenters. The molecule has 0 aromatic heterocycles. The molecule has 0 saturated carbocycles. The maximum Gasteiger partial charge on any atom is 0.326 e. The van der Waals surface area contributed by atoms with Crippen LogP contribution in [0, 0.1) is 10.1 Å². The zero-order chi connectivity index (χ0) is 17.6. The molecule has 1 aromatic carbocycles. The number of benzene rings is 1. The number of aliphatic carboxylic acids is 1. The number of hydrogen-bond donors (Lipinski definition) is 2. The van der Waals surface area contributed by atoms with Crippen LogP contribution < -0.4 is 14.8 Å². The van der Waals surface area contributed by atoms with E-state index in [-0.39, 0.29) is 23.5 Å². The molecule has 9 heteroatoms. The van der Waals surface area contributed by atoms with Crippen molar-refractivity contribution in [1.82, 2.24) is 5.32 Å². The van der Waals surface area contributed by atoms with Gasteiger partial charge in [0.05, 0.1) is 24.7 Å². The van der Waals surface area contributed by atoms with Gasteiger partial charge in [-0.25, -0.2) is 4.79 Å². The van der Waals surface area contributed by atoms with Crippen LogP contribution >= 0.6 is 0 Å². The molecule has 0 bridgehead atoms. The van der Waals surface area contributed by atoms with Crippen LogP contribution in [0.1, 0.15) is 30.1 Å². The van der Waals surface area contributed by atoms with Crippen LogP contribution in [0.5, 0.6) is 11.5 Å². The Bertz CT molecular complexity index is 615. The maximum atomic E-state index is 12.2. The van der Waals surface area contributed by atoms with Crippen LogP contribution in [0.2, 0.25) is 0 Å². The van der Waals surface area contributed by atoms with Crippen molar-refractivity contribution in [1.29, 1.82) is 0 Å². The predicted molar refractivity (Wildman–Crippen MR) is 80.0 cm³/mol. The Labute approximate surface area is 132 Å². The van der Waals surface area contributed by atoms with Gasteiger partial charge in [0.25, 0.3) is 5.91 Å². The highest BCUT2D eigenvalue weighted by Crippen LogP contribution is 2.37. The summed E-state index contributed by atoms with van der Waals surface area (Å²) in [5.41, 5.74) is -0.531. The SMILES string of the molecule is CCCC(NC(=O)c1cc(OC)c(OC)c([N+](=O)[O-])c1)C(=O)O. The molecule has 0 aliphatic rings. The normalized spacial score (nSPS) is 11.4. The monoisotopic (exact) mass is 326 g/mol. The summed E-state index contributed by atoms with van der Waals surface area (Å²) in [6.45, 7) is 1.78. The average Bonchev–Trinajstić information content (AvgIpc) is 2.52. The molecule has 1 aromatic rings. The Morgan fingerprint density at radius 2 is 2.00 bits per heavy atom. The topological polar surface area (TPSA) is 128 Å². The van der Waals surface area contributed by atoms with Gasteiger partial charge in [-0.1, -0.05) is 13.3 Å². The summed E-state index contributed by atoms with van der Waals surface area (Å²) in [4.78, 5) is 33.7. The van der Waals surface area contributed by atoms with Crippen LogP contribution in [-0.2, 0) is 4.79 Å². The molecular formula is C14H18N2O7. The number of amides is 1. The molecular weight excluding hydrogens is 308 g/mol. The van der Waals surface area contributed by atoms with Gasteiger partial charge in [0.15, 0.2) is 5.75 Å². The minimum atomic E-state index is -1.17. The molecule has 1 rings (SSSR count). The fourth-order valence-electron chi connectivity index (χ4n) is 2.00. The van der Waals surface area contributed by atoms with E-state index in [0.717, 1.165) is 6.07 Å². The third-order valence-corrected chi connectivity index (χ3v) is 3.10. The van der Waals surface area contributed by atoms with Crippen molar-refractivity contribution in [2.75, 3.05) is 14.2 Å². The van der Waals surface area contributed by atoms with E-state index in [1.165, 1.54) is 20.3 Å². The second-order valence-corrected chi connectivity index (χ2v) is 4.64. The number of methoxy groups -OCH3 is 2. The van der Waals surface area contributed by atoms with Crippen molar-refractivity contribution in [3.63, 3.8) is 0 Å². The number of carbonyl (C=O) groups excluding carboxylic acids is 1. The van der Waals surface area contributed by atoms with E-state index >= 15 is 0 Å². The van der Waals surface area contributed by atoms with Crippen LogP contribution in [0.4, 0.5) is 5.69 Å². The lowest BCUT2D eigenvalue weighted by molar-refractivity contribution is -0.385. The molecule has 0 aliphatic carbocycles. The van der Waals surface area contributed by atoms with Crippen molar-refractivity contribution in [2.24, 2.45) is 0 Å². The van der Waals surface area contributed by atoms with E-state index in [1.54, 1.807) is 6.92 Å². The number of nitrogens with zero attached hydrogens (tertiary/aromatic N) is 1. The number of nitro benzene ring substituents is 1. The van der Waals surface area contributed by atoms with E-state index in [1.807, 2.05) is 0 Å². The molecule has 0 spiro atoms. The fourth-order valence-corrected chi connectivity index (χ4v) is 2.00. The number of rotatable bonds is 8. The third kappa shape index (κ3) is 4.31. The summed E-state index contributed by atoms with van der Waals surface area (Å²) in [6, 6.07) is 1.20. The largest absolute Gasteiger partial charge is 0.493 e. The Kier molecular flexibility index (Phi) is 6.31. The zero-order valence-corrected chi connectivity index (χ0v) is 13.0. The Morgan fingerprint density at radius 3 is 2.43 bits per heavy atom. The maximum absolute atomic E-state index is 12.2. The highest BCUT2D eigenvalue weighted by Gasteiger charge is 2.26. The van der Waals surface area contributed by atoms with Crippen LogP contribution in [0.3, 0.4) is 0 Å². The summed E-state index contributed by atoms with van der Waals surface area (Å²) < 4.78 is 9.92. The Hall–Kier alpha value is -2.84. The lowest BCUT2D eigenvalue weighted by Gasteiger charge is -2.14. The molecule has 126 valence electrons. The molecule has 2 N–H and O–H groups in total. The van der Waals surface area contributed by atoms with Gasteiger partial charge in [-0.05, 0) is 12.5 Å². The van der Waals surface area contributed by atoms with Gasteiger partial charge in [0.2, 0.25) is 5.75 Å². The molecule has 0 aliphatic heterocycles. The minimum absolute atomic E-state index is 0.00853. The standard InChI is InChI=1S/C14H18N2O7/c1-4-5-9(14(18)19)15-13(17)8-6-10(16(20)21)12(23-3)11(7-8)22-2/h6-7,9H,4-5H2,1-3H3,(H,15,17)(H,18,19). The highest BCUT2D eigenvalue weighted by molar-refractivity contribution is 5.98. The van der Waals surface area contributed by atoms with Gasteiger partial charge in [-0.3, -0.25) is 14.9 Å². The third-order valence-electron chi connectivity index (χ3n) is 3.10. The number of carbonyl (C=O) groups is 2. The van der Waals surface area contributed by atoms with Gasteiger partial charge in [-0.2, -0.15) is 0 Å². The van der Waals surface area contributed by atoms with Crippen molar-refractivity contribution in [3.8, 4) is 11.5 Å². The van der Waals surface area contributed by atoms with Gasteiger partial charge in [-0.15, -0.1) is 0 Å². The lowest BCUT2D eigenvalue weighted by Crippen LogP contribution is -2.40. The number of ether oxygens (including phenoxy) is 2. The van der Waals surface area contributed by atoms with E-state index in [0.29, 0.717) is 6.42 Å². The van der Waals surface area contributed by atoms with Crippen LogP contribution in [-0.4, -0.2) is 42.2 Å².